The molecule has 1 amide bonds. The Balaban J connectivity index is 1.61. The molecule has 0 aliphatic carbocycles. The number of carbonyl (C=O) groups is 1. The van der Waals surface area contributed by atoms with E-state index in [4.69, 9.17) is 4.74 Å². The molecule has 0 bridgehead atoms. The molecule has 3 atom stereocenters. The number of hydroxylamine groups is 2. The van der Waals surface area contributed by atoms with E-state index in [1.165, 1.54) is 12.1 Å². The lowest BCUT2D eigenvalue weighted by molar-refractivity contribution is -0.0940. The van der Waals surface area contributed by atoms with Crippen LogP contribution in [0.1, 0.15) is 17.3 Å². The predicted molar refractivity (Wildman–Crippen MR) is 105 cm³/mol. The molecule has 2 aromatic carbocycles. The van der Waals surface area contributed by atoms with E-state index in [0.717, 1.165) is 0 Å². The Hall–Kier alpha value is -2.30. The molecule has 1 heterocycles. The van der Waals surface area contributed by atoms with Gasteiger partial charge in [0, 0.05) is 17.5 Å². The Morgan fingerprint density at radius 2 is 1.76 bits per heavy atom. The van der Waals surface area contributed by atoms with Gasteiger partial charge in [0.05, 0.1) is 30.3 Å². The number of ether oxygens (including phenoxy) is 1. The second-order valence-electron chi connectivity index (χ2n) is 7.34. The highest BCUT2D eigenvalue weighted by atomic mass is 32.2. The van der Waals surface area contributed by atoms with Crippen molar-refractivity contribution in [3.8, 4) is 0 Å². The van der Waals surface area contributed by atoms with Gasteiger partial charge in [0.15, 0.2) is 0 Å². The number of aliphatic hydroxyl groups excluding tert-OH is 1. The van der Waals surface area contributed by atoms with Crippen LogP contribution in [0, 0.1) is 5.41 Å². The summed E-state index contributed by atoms with van der Waals surface area (Å²) in [4.78, 5) is 12.5. The summed E-state index contributed by atoms with van der Waals surface area (Å²) in [6.07, 6.45) is -1.89. The van der Waals surface area contributed by atoms with Crippen LogP contribution in [0.5, 0.6) is 0 Å². The largest absolute Gasteiger partial charge is 0.390 e. The Kier molecular flexibility index (Phi) is 6.35. The second-order valence-corrected chi connectivity index (χ2v) is 9.11. The van der Waals surface area contributed by atoms with Gasteiger partial charge in [0.2, 0.25) is 10.0 Å². The van der Waals surface area contributed by atoms with E-state index in [1.54, 1.807) is 55.5 Å². The van der Waals surface area contributed by atoms with Crippen LogP contribution in [-0.4, -0.2) is 61.6 Å². The van der Waals surface area contributed by atoms with Gasteiger partial charge in [-0.25, -0.2) is 18.2 Å². The van der Waals surface area contributed by atoms with E-state index in [1.807, 2.05) is 0 Å². The Bertz CT molecular complexity index is 938. The summed E-state index contributed by atoms with van der Waals surface area (Å²) in [5.41, 5.74) is -0.638. The van der Waals surface area contributed by atoms with E-state index < -0.39 is 33.6 Å². The molecule has 1 aliphatic rings. The molecule has 3 N–H and O–H groups in total. The highest BCUT2D eigenvalue weighted by molar-refractivity contribution is 7.89. The van der Waals surface area contributed by atoms with Crippen molar-refractivity contribution in [2.75, 3.05) is 19.7 Å². The molecule has 1 fully saturated rings. The van der Waals surface area contributed by atoms with Crippen molar-refractivity contribution in [3.63, 3.8) is 0 Å². The van der Waals surface area contributed by atoms with Crippen LogP contribution in [0.4, 0.5) is 0 Å². The van der Waals surface area contributed by atoms with Gasteiger partial charge in [-0.05, 0) is 24.3 Å². The van der Waals surface area contributed by atoms with Gasteiger partial charge >= 0.3 is 0 Å². The SMILES string of the molecule is C[C@@]1(CN(O)C(=O)c2ccccc2)CO[C@H](CNS(=O)(=O)c2ccccc2)[C@H]1O. The van der Waals surface area contributed by atoms with Crippen molar-refractivity contribution < 1.29 is 28.3 Å². The second kappa shape index (κ2) is 8.60. The summed E-state index contributed by atoms with van der Waals surface area (Å²) in [5.74, 6) is -0.591. The first kappa shape index (κ1) is 21.4. The number of aliphatic hydroxyl groups is 1. The molecule has 29 heavy (non-hydrogen) atoms. The first-order valence-electron chi connectivity index (χ1n) is 9.13. The minimum absolute atomic E-state index is 0.0605. The fourth-order valence-electron chi connectivity index (χ4n) is 3.25. The number of benzene rings is 2. The maximum Gasteiger partial charge on any atom is 0.277 e. The minimum atomic E-state index is -3.74. The molecule has 9 heteroatoms. The number of hydrogen-bond acceptors (Lipinski definition) is 6. The van der Waals surface area contributed by atoms with Crippen LogP contribution in [0.25, 0.3) is 0 Å². The van der Waals surface area contributed by atoms with E-state index in [-0.39, 0.29) is 24.6 Å². The predicted octanol–water partition coefficient (Wildman–Crippen LogP) is 1.26. The maximum atomic E-state index is 12.3. The molecular weight excluding hydrogens is 396 g/mol. The van der Waals surface area contributed by atoms with E-state index in [0.29, 0.717) is 10.6 Å². The van der Waals surface area contributed by atoms with Crippen LogP contribution < -0.4 is 4.72 Å². The van der Waals surface area contributed by atoms with Gasteiger partial charge in [-0.15, -0.1) is 0 Å². The number of rotatable bonds is 7. The third-order valence-corrected chi connectivity index (χ3v) is 6.43. The smallest absolute Gasteiger partial charge is 0.277 e. The normalized spacial score (nSPS) is 24.4. The fourth-order valence-corrected chi connectivity index (χ4v) is 4.32. The summed E-state index contributed by atoms with van der Waals surface area (Å²) in [6.45, 7) is 1.44. The fraction of sp³-hybridized carbons (Fsp3) is 0.350. The van der Waals surface area contributed by atoms with Crippen LogP contribution in [0.15, 0.2) is 65.6 Å². The van der Waals surface area contributed by atoms with Gasteiger partial charge in [-0.1, -0.05) is 43.3 Å². The van der Waals surface area contributed by atoms with Crippen molar-refractivity contribution in [1.29, 1.82) is 0 Å². The van der Waals surface area contributed by atoms with E-state index in [2.05, 4.69) is 4.72 Å². The van der Waals surface area contributed by atoms with Crippen molar-refractivity contribution in [1.82, 2.24) is 9.79 Å². The lowest BCUT2D eigenvalue weighted by Crippen LogP contribution is -2.47. The van der Waals surface area contributed by atoms with E-state index in [9.17, 15) is 23.5 Å². The molecule has 1 saturated heterocycles. The molecule has 0 radical (unpaired) electrons. The topological polar surface area (TPSA) is 116 Å². The third kappa shape index (κ3) is 4.82. The number of carbonyl (C=O) groups excluding carboxylic acids is 1. The molecule has 1 aliphatic heterocycles. The van der Waals surface area contributed by atoms with Gasteiger partial charge in [-0.2, -0.15) is 0 Å². The number of amides is 1. The zero-order valence-corrected chi connectivity index (χ0v) is 16.7. The third-order valence-electron chi connectivity index (χ3n) is 4.99. The zero-order chi connectivity index (χ0) is 21.1. The van der Waals surface area contributed by atoms with Crippen LogP contribution >= 0.6 is 0 Å². The van der Waals surface area contributed by atoms with Crippen LogP contribution in [0.3, 0.4) is 0 Å². The molecule has 0 aromatic heterocycles. The minimum Gasteiger partial charge on any atom is -0.390 e. The highest BCUT2D eigenvalue weighted by Crippen LogP contribution is 2.33. The lowest BCUT2D eigenvalue weighted by Gasteiger charge is -2.31. The Labute approximate surface area is 169 Å². The monoisotopic (exact) mass is 420 g/mol. The standard InChI is InChI=1S/C20H24N2O6S/c1-20(13-22(25)19(24)15-8-4-2-5-9-15)14-28-17(18(20)23)12-21-29(26,27)16-10-6-3-7-11-16/h2-11,17-18,21,23,25H,12-14H2,1H3/t17-,18-,20-/m1/s1. The molecule has 156 valence electrons. The molecule has 0 spiro atoms. The summed E-state index contributed by atoms with van der Waals surface area (Å²) in [7, 11) is -3.74. The van der Waals surface area contributed by atoms with Crippen molar-refractivity contribution in [3.05, 3.63) is 66.2 Å². The zero-order valence-electron chi connectivity index (χ0n) is 15.9. The number of nitrogens with one attached hydrogen (secondary N) is 1. The van der Waals surface area contributed by atoms with E-state index >= 15 is 0 Å². The van der Waals surface area contributed by atoms with Crippen molar-refractivity contribution in [2.24, 2.45) is 5.41 Å². The Morgan fingerprint density at radius 3 is 2.38 bits per heavy atom. The molecule has 3 rings (SSSR count). The summed E-state index contributed by atoms with van der Waals surface area (Å²) in [5, 5.41) is 21.4. The first-order valence-corrected chi connectivity index (χ1v) is 10.6. The van der Waals surface area contributed by atoms with Gasteiger partial charge < -0.3 is 9.84 Å². The average molecular weight is 420 g/mol. The summed E-state index contributed by atoms with van der Waals surface area (Å²) >= 11 is 0. The first-order chi connectivity index (χ1) is 13.7. The quantitative estimate of drug-likeness (QED) is 0.459. The number of sulfonamides is 1. The summed E-state index contributed by atoms with van der Waals surface area (Å²) in [6, 6.07) is 16.2. The average Bonchev–Trinajstić information content (AvgIpc) is 3.01. The van der Waals surface area contributed by atoms with Crippen LogP contribution in [0.2, 0.25) is 0 Å². The van der Waals surface area contributed by atoms with Gasteiger partial charge in [-0.3, -0.25) is 10.0 Å². The van der Waals surface area contributed by atoms with Crippen molar-refractivity contribution >= 4 is 15.9 Å². The molecule has 0 unspecified atom stereocenters. The summed E-state index contributed by atoms with van der Waals surface area (Å²) < 4.78 is 32.7. The Morgan fingerprint density at radius 1 is 1.17 bits per heavy atom. The molecule has 2 aromatic rings. The molecular formula is C20H24N2O6S. The lowest BCUT2D eigenvalue weighted by atomic mass is 9.84. The molecule has 0 saturated carbocycles. The maximum absolute atomic E-state index is 12.3. The number of hydrogen-bond donors (Lipinski definition) is 3. The van der Waals surface area contributed by atoms with Gasteiger partial charge in [0.1, 0.15) is 0 Å². The highest BCUT2D eigenvalue weighted by Gasteiger charge is 2.47. The molecule has 8 nitrogen and oxygen atoms in total. The number of nitrogens with zero attached hydrogens (tertiary/aromatic N) is 1. The van der Waals surface area contributed by atoms with Crippen LogP contribution in [-0.2, 0) is 14.8 Å². The van der Waals surface area contributed by atoms with Gasteiger partial charge in [0.25, 0.3) is 5.91 Å². The van der Waals surface area contributed by atoms with Crippen molar-refractivity contribution in [2.45, 2.75) is 24.0 Å².